The van der Waals surface area contributed by atoms with Crippen LogP contribution in [0.5, 0.6) is 17.4 Å². The second-order valence-corrected chi connectivity index (χ2v) is 13.2. The van der Waals surface area contributed by atoms with Crippen LogP contribution in [0.3, 0.4) is 0 Å². The van der Waals surface area contributed by atoms with Crippen LogP contribution in [0, 0.1) is 11.8 Å². The minimum Gasteiger partial charge on any atom is -0.508 e. The van der Waals surface area contributed by atoms with E-state index >= 15 is 0 Å². The number of aliphatic hydroxyl groups excluding tert-OH is 1. The van der Waals surface area contributed by atoms with Crippen molar-refractivity contribution in [2.45, 2.75) is 37.7 Å². The summed E-state index contributed by atoms with van der Waals surface area (Å²) in [5.41, 5.74) is -0.394. The monoisotopic (exact) mass is 702 g/mol. The van der Waals surface area contributed by atoms with Gasteiger partial charge in [-0.2, -0.15) is 0 Å². The molecule has 0 radical (unpaired) electrons. The van der Waals surface area contributed by atoms with E-state index in [1.54, 1.807) is 12.2 Å². The molecule has 0 aliphatic heterocycles. The third kappa shape index (κ3) is 5.62. The lowest BCUT2D eigenvalue weighted by Crippen LogP contribution is -2.60. The number of allylic oxidation sites excluding steroid dienone is 1. The average Bonchev–Trinajstić information content (AvgIpc) is 3.58. The molecule has 11 heteroatoms. The molecule has 0 unspecified atom stereocenters. The molecule has 0 bridgehead atoms. The summed E-state index contributed by atoms with van der Waals surface area (Å²) in [6.07, 6.45) is 4.22. The molecule has 0 saturated carbocycles. The highest BCUT2D eigenvalue weighted by Crippen LogP contribution is 2.57. The summed E-state index contributed by atoms with van der Waals surface area (Å²) in [6, 6.07) is 19.2. The SMILES string of the molecule is C=CCN(CC=C)[C@@H]1c2onc(OCc3ccccc3)c2C(=O)[C@@]2(O)C(O)=C3C(=O)c4c(OCc5ccccc5)cc(C=O)c(OC)c4C[C@H]3C[C@@H]12. The van der Waals surface area contributed by atoms with Crippen molar-refractivity contribution in [3.8, 4) is 17.4 Å². The van der Waals surface area contributed by atoms with Gasteiger partial charge in [-0.1, -0.05) is 72.8 Å². The van der Waals surface area contributed by atoms with Gasteiger partial charge in [0.1, 0.15) is 36.0 Å². The van der Waals surface area contributed by atoms with Crippen LogP contribution in [-0.4, -0.2) is 63.9 Å². The molecular weight excluding hydrogens is 664 g/mol. The first kappa shape index (κ1) is 34.7. The molecule has 1 aromatic heterocycles. The molecule has 266 valence electrons. The number of hydrogen-bond donors (Lipinski definition) is 2. The fourth-order valence-corrected chi connectivity index (χ4v) is 7.95. The van der Waals surface area contributed by atoms with Crippen molar-refractivity contribution in [1.82, 2.24) is 10.1 Å². The number of carbonyl (C=O) groups is 3. The van der Waals surface area contributed by atoms with Crippen LogP contribution in [0.15, 0.2) is 108 Å². The van der Waals surface area contributed by atoms with E-state index in [1.807, 2.05) is 65.6 Å². The Kier molecular flexibility index (Phi) is 9.39. The Hall–Kier alpha value is -5.78. The molecule has 4 aromatic rings. The Morgan fingerprint density at radius 1 is 0.981 bits per heavy atom. The number of fused-ring (bicyclic) bond motifs is 4. The first-order valence-electron chi connectivity index (χ1n) is 17.0. The van der Waals surface area contributed by atoms with Crippen molar-refractivity contribution >= 4 is 17.9 Å². The van der Waals surface area contributed by atoms with Gasteiger partial charge in [-0.25, -0.2) is 0 Å². The Balaban J connectivity index is 1.36. The van der Waals surface area contributed by atoms with Gasteiger partial charge in [0.25, 0.3) is 5.88 Å². The van der Waals surface area contributed by atoms with Gasteiger partial charge in [-0.3, -0.25) is 19.3 Å². The van der Waals surface area contributed by atoms with E-state index < -0.39 is 40.8 Å². The summed E-state index contributed by atoms with van der Waals surface area (Å²) in [4.78, 5) is 43.5. The van der Waals surface area contributed by atoms with Crippen molar-refractivity contribution in [2.75, 3.05) is 20.2 Å². The summed E-state index contributed by atoms with van der Waals surface area (Å²) in [5.74, 6) is -3.57. The third-order valence-corrected chi connectivity index (χ3v) is 10.2. The molecule has 0 spiro atoms. The van der Waals surface area contributed by atoms with Crippen LogP contribution in [-0.2, 0) is 19.6 Å². The van der Waals surface area contributed by atoms with Crippen molar-refractivity contribution in [3.63, 3.8) is 0 Å². The number of aliphatic hydroxyl groups is 2. The van der Waals surface area contributed by atoms with Crippen LogP contribution < -0.4 is 14.2 Å². The summed E-state index contributed by atoms with van der Waals surface area (Å²) >= 11 is 0. The van der Waals surface area contributed by atoms with Gasteiger partial charge >= 0.3 is 0 Å². The molecule has 3 aromatic carbocycles. The highest BCUT2D eigenvalue weighted by Gasteiger charge is 2.64. The molecular formula is C41H38N2O9. The zero-order valence-electron chi connectivity index (χ0n) is 28.6. The third-order valence-electron chi connectivity index (χ3n) is 10.2. The minimum atomic E-state index is -2.55. The molecule has 2 N–H and O–H groups in total. The van der Waals surface area contributed by atoms with Gasteiger partial charge in [0.15, 0.2) is 23.4 Å². The van der Waals surface area contributed by atoms with Crippen LogP contribution >= 0.6 is 0 Å². The summed E-state index contributed by atoms with van der Waals surface area (Å²) < 4.78 is 23.7. The average molecular weight is 703 g/mol. The molecule has 0 fully saturated rings. The lowest BCUT2D eigenvalue weighted by atomic mass is 9.58. The zero-order valence-corrected chi connectivity index (χ0v) is 28.6. The lowest BCUT2D eigenvalue weighted by molar-refractivity contribution is -0.0602. The summed E-state index contributed by atoms with van der Waals surface area (Å²) in [7, 11) is 1.42. The normalized spacial score (nSPS) is 21.8. The Bertz CT molecular complexity index is 2080. The van der Waals surface area contributed by atoms with E-state index in [2.05, 4.69) is 18.3 Å². The first-order valence-corrected chi connectivity index (χ1v) is 17.0. The first-order chi connectivity index (χ1) is 25.3. The number of ether oxygens (including phenoxy) is 3. The quantitative estimate of drug-likeness (QED) is 0.121. The fourth-order valence-electron chi connectivity index (χ4n) is 7.95. The number of ketones is 2. The number of Topliss-reactive ketones (excluding diaryl/α,β-unsaturated/α-hetero) is 2. The number of carbonyl (C=O) groups excluding carboxylic acids is 3. The molecule has 11 nitrogen and oxygen atoms in total. The lowest BCUT2D eigenvalue weighted by Gasteiger charge is -2.50. The fraction of sp³-hybridized carbons (Fsp3) is 0.268. The number of hydrogen-bond acceptors (Lipinski definition) is 11. The number of aldehydes is 1. The maximum Gasteiger partial charge on any atom is 0.265 e. The van der Waals surface area contributed by atoms with E-state index in [1.165, 1.54) is 13.2 Å². The van der Waals surface area contributed by atoms with Crippen LogP contribution in [0.1, 0.15) is 66.0 Å². The summed E-state index contributed by atoms with van der Waals surface area (Å²) in [5, 5.41) is 29.0. The molecule has 3 aliphatic rings. The second-order valence-electron chi connectivity index (χ2n) is 13.2. The molecule has 1 heterocycles. The van der Waals surface area contributed by atoms with E-state index in [0.717, 1.165) is 11.1 Å². The standard InChI is InChI=1S/C41H38N2O9/c1-4-16-43(17-5-2)34-29-19-26-18-28-32(30(20-27(21-44)36(28)49-3)50-22-24-12-8-6-9-13-24)35(45)31(26)38(46)41(29,48)39(47)33-37(34)52-42-40(33)51-23-25-14-10-7-11-15-25/h4-15,20-21,26,29,34,46,48H,1-2,16-19,22-23H2,3H3/t26-,29-,34-,41-/m0/s1. The molecule has 4 atom stereocenters. The van der Waals surface area contributed by atoms with Crippen LogP contribution in [0.2, 0.25) is 0 Å². The topological polar surface area (TPSA) is 149 Å². The van der Waals surface area contributed by atoms with Gasteiger partial charge in [0, 0.05) is 30.1 Å². The van der Waals surface area contributed by atoms with Crippen LogP contribution in [0.25, 0.3) is 0 Å². The van der Waals surface area contributed by atoms with Gasteiger partial charge in [-0.05, 0) is 41.1 Å². The van der Waals surface area contributed by atoms with Crippen molar-refractivity contribution in [1.29, 1.82) is 0 Å². The van der Waals surface area contributed by atoms with Crippen molar-refractivity contribution in [2.24, 2.45) is 11.8 Å². The second kappa shape index (κ2) is 14.1. The molecule has 0 amide bonds. The van der Waals surface area contributed by atoms with Crippen molar-refractivity contribution in [3.05, 3.63) is 143 Å². The maximum atomic E-state index is 14.7. The number of methoxy groups -OCH3 is 1. The predicted molar refractivity (Wildman–Crippen MR) is 190 cm³/mol. The minimum absolute atomic E-state index is 0.0590. The largest absolute Gasteiger partial charge is 0.508 e. The Labute approximate surface area is 300 Å². The van der Waals surface area contributed by atoms with Crippen molar-refractivity contribution < 1.29 is 43.3 Å². The molecule has 52 heavy (non-hydrogen) atoms. The molecule has 7 rings (SSSR count). The number of benzene rings is 3. The zero-order chi connectivity index (χ0) is 36.6. The number of nitrogens with zero attached hydrogens (tertiary/aromatic N) is 2. The van der Waals surface area contributed by atoms with E-state index in [0.29, 0.717) is 24.9 Å². The smallest absolute Gasteiger partial charge is 0.265 e. The highest BCUT2D eigenvalue weighted by atomic mass is 16.5. The summed E-state index contributed by atoms with van der Waals surface area (Å²) in [6.45, 7) is 8.56. The van der Waals surface area contributed by atoms with Crippen LogP contribution in [0.4, 0.5) is 0 Å². The number of rotatable bonds is 13. The predicted octanol–water partition coefficient (Wildman–Crippen LogP) is 6.18. The highest BCUT2D eigenvalue weighted by molar-refractivity contribution is 6.16. The van der Waals surface area contributed by atoms with Gasteiger partial charge in [0.05, 0.1) is 24.3 Å². The van der Waals surface area contributed by atoms with E-state index in [9.17, 15) is 24.6 Å². The number of aromatic nitrogens is 1. The molecule has 0 saturated heterocycles. The maximum absolute atomic E-state index is 14.7. The van der Waals surface area contributed by atoms with Gasteiger partial charge in [0.2, 0.25) is 5.78 Å². The Morgan fingerprint density at radius 3 is 2.21 bits per heavy atom. The van der Waals surface area contributed by atoms with E-state index in [-0.39, 0.29) is 71.5 Å². The van der Waals surface area contributed by atoms with E-state index in [4.69, 9.17) is 18.7 Å². The molecule has 3 aliphatic carbocycles. The Morgan fingerprint density at radius 2 is 1.62 bits per heavy atom. The van der Waals surface area contributed by atoms with Gasteiger partial charge in [-0.15, -0.1) is 13.2 Å². The van der Waals surface area contributed by atoms with Gasteiger partial charge < -0.3 is 28.9 Å².